The van der Waals surface area contributed by atoms with Gasteiger partial charge in [0.1, 0.15) is 22.0 Å². The largest absolute Gasteiger partial charge is 0.348 e. The Morgan fingerprint density at radius 1 is 0.938 bits per heavy atom. The summed E-state index contributed by atoms with van der Waals surface area (Å²) in [5.41, 5.74) is 2.57. The number of fused-ring (bicyclic) bond motifs is 1. The molecule has 0 saturated heterocycles. The lowest BCUT2D eigenvalue weighted by Gasteiger charge is -2.22. The van der Waals surface area contributed by atoms with Gasteiger partial charge in [0, 0.05) is 0 Å². The van der Waals surface area contributed by atoms with Crippen molar-refractivity contribution in [1.29, 1.82) is 0 Å². The lowest BCUT2D eigenvalue weighted by Crippen LogP contribution is -2.48. The fourth-order valence-corrected chi connectivity index (χ4v) is 5.39. The highest BCUT2D eigenvalue weighted by Crippen LogP contribution is 2.22. The van der Waals surface area contributed by atoms with Crippen LogP contribution in [0.15, 0.2) is 83.8 Å². The lowest BCUT2D eigenvalue weighted by molar-refractivity contribution is -0.123. The average Bonchev–Trinajstić information content (AvgIpc) is 3.28. The molecule has 0 fully saturated rings. The van der Waals surface area contributed by atoms with Crippen LogP contribution in [0.1, 0.15) is 24.1 Å². The minimum atomic E-state index is -4.03. The first-order valence-electron chi connectivity index (χ1n) is 10.1. The van der Waals surface area contributed by atoms with Crippen LogP contribution in [-0.4, -0.2) is 29.1 Å². The Balaban J connectivity index is 1.61. The molecule has 4 aromatic rings. The Kier molecular flexibility index (Phi) is 6.59. The van der Waals surface area contributed by atoms with Gasteiger partial charge in [-0.1, -0.05) is 66.7 Å². The highest BCUT2D eigenvalue weighted by Gasteiger charge is 2.29. The monoisotopic (exact) mass is 466 g/mol. The second kappa shape index (κ2) is 9.56. The predicted molar refractivity (Wildman–Crippen MR) is 125 cm³/mol. The molecule has 2 atom stereocenters. The molecule has 3 aromatic carbocycles. The Morgan fingerprint density at radius 3 is 2.34 bits per heavy atom. The van der Waals surface area contributed by atoms with E-state index in [9.17, 15) is 13.2 Å². The van der Waals surface area contributed by atoms with Crippen molar-refractivity contribution < 1.29 is 13.2 Å². The van der Waals surface area contributed by atoms with Gasteiger partial charge in [-0.15, -0.1) is 0 Å². The van der Waals surface area contributed by atoms with E-state index in [1.165, 1.54) is 6.07 Å². The zero-order chi connectivity index (χ0) is 22.6. The van der Waals surface area contributed by atoms with Crippen LogP contribution in [0.4, 0.5) is 0 Å². The predicted octanol–water partition coefficient (Wildman–Crippen LogP) is 3.46. The topological polar surface area (TPSA) is 101 Å². The van der Waals surface area contributed by atoms with Gasteiger partial charge in [-0.2, -0.15) is 13.5 Å². The summed E-state index contributed by atoms with van der Waals surface area (Å²) in [4.78, 5) is 13.2. The molecule has 0 aliphatic carbocycles. The summed E-state index contributed by atoms with van der Waals surface area (Å²) in [6, 6.07) is 22.3. The molecule has 0 aliphatic rings. The molecule has 0 unspecified atom stereocenters. The molecule has 1 heterocycles. The van der Waals surface area contributed by atoms with Crippen molar-refractivity contribution in [3.63, 3.8) is 0 Å². The molecule has 0 aliphatic heterocycles. The number of benzene rings is 3. The van der Waals surface area contributed by atoms with E-state index in [4.69, 9.17) is 0 Å². The SMILES string of the molecule is C[C@@H](NC(=O)[C@@H](Cc1ccccc1)NS(=O)(=O)c1cccc2nsnc12)c1ccccc1. The molecule has 7 nitrogen and oxygen atoms in total. The molecule has 0 bridgehead atoms. The highest BCUT2D eigenvalue weighted by molar-refractivity contribution is 7.89. The summed E-state index contributed by atoms with van der Waals surface area (Å²) in [5, 5.41) is 2.93. The summed E-state index contributed by atoms with van der Waals surface area (Å²) in [7, 11) is -4.03. The Labute approximate surface area is 190 Å². The molecule has 164 valence electrons. The van der Waals surface area contributed by atoms with Crippen LogP contribution in [0.3, 0.4) is 0 Å². The number of nitrogens with one attached hydrogen (secondary N) is 2. The van der Waals surface area contributed by atoms with Crippen LogP contribution in [0.5, 0.6) is 0 Å². The van der Waals surface area contributed by atoms with E-state index in [0.29, 0.717) is 11.0 Å². The average molecular weight is 467 g/mol. The van der Waals surface area contributed by atoms with Crippen LogP contribution in [0.25, 0.3) is 11.0 Å². The summed E-state index contributed by atoms with van der Waals surface area (Å²) in [6.45, 7) is 1.86. The molecule has 0 saturated carbocycles. The van der Waals surface area contributed by atoms with Gasteiger partial charge in [0.05, 0.1) is 17.8 Å². The van der Waals surface area contributed by atoms with Crippen molar-refractivity contribution >= 4 is 38.7 Å². The number of aromatic nitrogens is 2. The number of amides is 1. The van der Waals surface area contributed by atoms with Crippen LogP contribution < -0.4 is 10.0 Å². The van der Waals surface area contributed by atoms with Crippen molar-refractivity contribution in [3.8, 4) is 0 Å². The third kappa shape index (κ3) is 5.01. The third-order valence-corrected chi connectivity index (χ3v) is 7.14. The number of sulfonamides is 1. The number of rotatable bonds is 8. The number of nitrogens with zero attached hydrogens (tertiary/aromatic N) is 2. The fourth-order valence-electron chi connectivity index (χ4n) is 3.43. The maximum absolute atomic E-state index is 13.3. The summed E-state index contributed by atoms with van der Waals surface area (Å²) in [5.74, 6) is -0.405. The zero-order valence-corrected chi connectivity index (χ0v) is 18.9. The van der Waals surface area contributed by atoms with Gasteiger partial charge in [-0.3, -0.25) is 4.79 Å². The van der Waals surface area contributed by atoms with Crippen LogP contribution in [0, 0.1) is 0 Å². The van der Waals surface area contributed by atoms with Gasteiger partial charge in [0.15, 0.2) is 0 Å². The van der Waals surface area contributed by atoms with Gasteiger partial charge < -0.3 is 5.32 Å². The summed E-state index contributed by atoms with van der Waals surface area (Å²) >= 11 is 0.945. The number of carbonyl (C=O) groups excluding carboxylic acids is 1. The molecule has 0 spiro atoms. The Bertz CT molecular complexity index is 1310. The van der Waals surface area contributed by atoms with Crippen LogP contribution in [-0.2, 0) is 21.2 Å². The van der Waals surface area contributed by atoms with Gasteiger partial charge >= 0.3 is 0 Å². The van der Waals surface area contributed by atoms with Crippen LogP contribution in [0.2, 0.25) is 0 Å². The molecule has 9 heteroatoms. The van der Waals surface area contributed by atoms with Crippen molar-refractivity contribution in [3.05, 3.63) is 90.0 Å². The zero-order valence-electron chi connectivity index (χ0n) is 17.3. The Morgan fingerprint density at radius 2 is 1.62 bits per heavy atom. The first-order chi connectivity index (χ1) is 15.4. The minimum Gasteiger partial charge on any atom is -0.348 e. The quantitative estimate of drug-likeness (QED) is 0.414. The molecule has 32 heavy (non-hydrogen) atoms. The number of carbonyl (C=O) groups is 1. The van der Waals surface area contributed by atoms with E-state index in [2.05, 4.69) is 18.8 Å². The van der Waals surface area contributed by atoms with E-state index in [0.717, 1.165) is 22.9 Å². The Hall–Kier alpha value is -3.14. The molecule has 1 aromatic heterocycles. The molecule has 0 radical (unpaired) electrons. The summed E-state index contributed by atoms with van der Waals surface area (Å²) in [6.07, 6.45) is 0.207. The number of hydrogen-bond donors (Lipinski definition) is 2. The molecule has 1 amide bonds. The first-order valence-corrected chi connectivity index (χ1v) is 12.3. The fraction of sp³-hybridized carbons (Fsp3) is 0.174. The van der Waals surface area contributed by atoms with Gasteiger partial charge in [0.2, 0.25) is 15.9 Å². The van der Waals surface area contributed by atoms with Crippen LogP contribution >= 0.6 is 11.7 Å². The van der Waals surface area contributed by atoms with Crippen molar-refractivity contribution in [2.75, 3.05) is 0 Å². The van der Waals surface area contributed by atoms with Crippen molar-refractivity contribution in [2.24, 2.45) is 0 Å². The normalized spacial score (nSPS) is 13.5. The minimum absolute atomic E-state index is 0.00530. The molecule has 4 rings (SSSR count). The van der Waals surface area contributed by atoms with E-state index in [-0.39, 0.29) is 17.4 Å². The van der Waals surface area contributed by atoms with E-state index >= 15 is 0 Å². The summed E-state index contributed by atoms with van der Waals surface area (Å²) < 4.78 is 37.3. The van der Waals surface area contributed by atoms with Gasteiger partial charge in [-0.05, 0) is 36.6 Å². The second-order valence-corrected chi connectivity index (χ2v) is 9.60. The maximum atomic E-state index is 13.3. The highest BCUT2D eigenvalue weighted by atomic mass is 32.2. The first kappa shape index (κ1) is 22.1. The third-order valence-electron chi connectivity index (χ3n) is 5.09. The maximum Gasteiger partial charge on any atom is 0.243 e. The van der Waals surface area contributed by atoms with Gasteiger partial charge in [-0.25, -0.2) is 8.42 Å². The van der Waals surface area contributed by atoms with E-state index in [1.54, 1.807) is 12.1 Å². The van der Waals surface area contributed by atoms with Gasteiger partial charge in [0.25, 0.3) is 0 Å². The molecule has 2 N–H and O–H groups in total. The van der Waals surface area contributed by atoms with Crippen molar-refractivity contribution in [1.82, 2.24) is 18.8 Å². The number of hydrogen-bond acceptors (Lipinski definition) is 6. The molecular formula is C23H22N4O3S2. The molecular weight excluding hydrogens is 444 g/mol. The second-order valence-electron chi connectivity index (χ2n) is 7.39. The standard InChI is InChI=1S/C23H22N4O3S2/c1-16(18-11-6-3-7-12-18)24-23(28)20(15-17-9-4-2-5-10-17)27-32(29,30)21-14-8-13-19-22(21)26-31-25-19/h2-14,16,20,27H,15H2,1H3,(H,24,28)/t16-,20-/m1/s1. The van der Waals surface area contributed by atoms with E-state index < -0.39 is 22.0 Å². The smallest absolute Gasteiger partial charge is 0.243 e. The lowest BCUT2D eigenvalue weighted by atomic mass is 10.0. The van der Waals surface area contributed by atoms with Crippen molar-refractivity contribution in [2.45, 2.75) is 30.3 Å². The van der Waals surface area contributed by atoms with E-state index in [1.807, 2.05) is 67.6 Å².